The Morgan fingerprint density at radius 1 is 1.80 bits per heavy atom. The molecule has 0 amide bonds. The molecule has 1 rings (SSSR count). The van der Waals surface area contributed by atoms with E-state index in [4.69, 9.17) is 0 Å². The van der Waals surface area contributed by atoms with Crippen LogP contribution >= 0.6 is 31.9 Å². The molecule has 0 heterocycles. The summed E-state index contributed by atoms with van der Waals surface area (Å²) in [5, 5.41) is 0. The van der Waals surface area contributed by atoms with Gasteiger partial charge in [-0.1, -0.05) is 37.9 Å². The zero-order valence-electron chi connectivity index (χ0n) is 2.41. The summed E-state index contributed by atoms with van der Waals surface area (Å²) < 4.78 is 1.28. The van der Waals surface area contributed by atoms with Crippen LogP contribution in [0.1, 0.15) is 0 Å². The molecule has 0 fully saturated rings. The lowest BCUT2D eigenvalue weighted by Crippen LogP contribution is -1.55. The molecule has 0 aromatic carbocycles. The highest BCUT2D eigenvalue weighted by atomic mass is 79.9. The van der Waals surface area contributed by atoms with Gasteiger partial charge >= 0.3 is 0 Å². The predicted molar refractivity (Wildman–Crippen MR) is 29.7 cm³/mol. The maximum Gasteiger partial charge on any atom is 0.0649 e. The first-order valence-electron chi connectivity index (χ1n) is 1.32. The quantitative estimate of drug-likeness (QED) is 0.522. The van der Waals surface area contributed by atoms with Gasteiger partial charge in [0.2, 0.25) is 0 Å². The third-order valence-corrected chi connectivity index (χ3v) is 2.59. The summed E-state index contributed by atoms with van der Waals surface area (Å²) in [6.07, 6.45) is 2.08. The molecule has 0 bridgehead atoms. The third-order valence-electron chi connectivity index (χ3n) is 0.460. The van der Waals surface area contributed by atoms with Gasteiger partial charge in [-0.25, -0.2) is 0 Å². The molecule has 0 nitrogen and oxygen atoms in total. The van der Waals surface area contributed by atoms with Crippen molar-refractivity contribution in [3.63, 3.8) is 0 Å². The van der Waals surface area contributed by atoms with E-state index in [1.165, 1.54) is 4.48 Å². The molecular formula is C3H2Br2. The summed E-state index contributed by atoms with van der Waals surface area (Å²) in [6.45, 7) is 0. The summed E-state index contributed by atoms with van der Waals surface area (Å²) >= 11 is 6.57. The van der Waals surface area contributed by atoms with Crippen LogP contribution in [0.5, 0.6) is 0 Å². The minimum absolute atomic E-state index is 0.572. The van der Waals surface area contributed by atoms with Gasteiger partial charge in [-0.15, -0.1) is 0 Å². The summed E-state index contributed by atoms with van der Waals surface area (Å²) in [4.78, 5) is 0.572. The van der Waals surface area contributed by atoms with Crippen molar-refractivity contribution in [1.82, 2.24) is 0 Å². The fourth-order valence-corrected chi connectivity index (χ4v) is 0.996. The lowest BCUT2D eigenvalue weighted by atomic mass is 10.9. The van der Waals surface area contributed by atoms with E-state index in [1.807, 2.05) is 0 Å². The second-order valence-electron chi connectivity index (χ2n) is 0.953. The van der Waals surface area contributed by atoms with Crippen molar-refractivity contribution in [2.75, 3.05) is 0 Å². The van der Waals surface area contributed by atoms with Gasteiger partial charge in [-0.05, 0) is 0 Å². The normalized spacial score (nSPS) is 33.2. The standard InChI is InChI=1S/C3H2Br2/c4-2-1-3(2)5/h1-2H. The Bertz CT molecular complexity index is 75.0. The topological polar surface area (TPSA) is 0 Å². The van der Waals surface area contributed by atoms with E-state index in [9.17, 15) is 0 Å². The molecule has 0 spiro atoms. The Morgan fingerprint density at radius 2 is 2.00 bits per heavy atom. The van der Waals surface area contributed by atoms with E-state index < -0.39 is 0 Å². The van der Waals surface area contributed by atoms with Gasteiger partial charge in [-0.2, -0.15) is 0 Å². The molecule has 2 heteroatoms. The van der Waals surface area contributed by atoms with Gasteiger partial charge in [0, 0.05) is 4.48 Å². The highest BCUT2D eigenvalue weighted by Gasteiger charge is 2.16. The average Bonchev–Trinajstić information content (AvgIpc) is 1.79. The molecule has 0 saturated carbocycles. The molecular weight excluding hydrogens is 196 g/mol. The van der Waals surface area contributed by atoms with Crippen LogP contribution in [0, 0.1) is 0 Å². The van der Waals surface area contributed by atoms with Crippen LogP contribution in [0.3, 0.4) is 0 Å². The summed E-state index contributed by atoms with van der Waals surface area (Å²) in [6, 6.07) is 0. The van der Waals surface area contributed by atoms with E-state index in [0.29, 0.717) is 4.83 Å². The van der Waals surface area contributed by atoms with Gasteiger partial charge in [0.25, 0.3) is 0 Å². The Labute approximate surface area is 47.5 Å². The fraction of sp³-hybridized carbons (Fsp3) is 0.333. The van der Waals surface area contributed by atoms with Gasteiger partial charge in [0.1, 0.15) is 0 Å². The maximum absolute atomic E-state index is 3.31. The lowest BCUT2D eigenvalue weighted by molar-refractivity contribution is 1.76. The van der Waals surface area contributed by atoms with Crippen molar-refractivity contribution in [2.45, 2.75) is 4.83 Å². The number of rotatable bonds is 0. The van der Waals surface area contributed by atoms with Crippen LogP contribution < -0.4 is 0 Å². The van der Waals surface area contributed by atoms with Crippen LogP contribution in [-0.2, 0) is 0 Å². The molecule has 1 aliphatic carbocycles. The summed E-state index contributed by atoms with van der Waals surface area (Å²) in [5.41, 5.74) is 0. The first-order valence-corrected chi connectivity index (χ1v) is 3.03. The fourth-order valence-electron chi connectivity index (χ4n) is 0.0917. The number of halogens is 2. The predicted octanol–water partition coefficient (Wildman–Crippen LogP) is 2.04. The number of hydrogen-bond donors (Lipinski definition) is 0. The molecule has 5 heavy (non-hydrogen) atoms. The van der Waals surface area contributed by atoms with E-state index in [-0.39, 0.29) is 0 Å². The Kier molecular flexibility index (Phi) is 0.841. The van der Waals surface area contributed by atoms with E-state index >= 15 is 0 Å². The van der Waals surface area contributed by atoms with Gasteiger partial charge in [0.15, 0.2) is 0 Å². The second kappa shape index (κ2) is 1.09. The van der Waals surface area contributed by atoms with Crippen molar-refractivity contribution in [3.05, 3.63) is 10.6 Å². The van der Waals surface area contributed by atoms with Crippen molar-refractivity contribution < 1.29 is 0 Å². The van der Waals surface area contributed by atoms with Crippen LogP contribution in [0.25, 0.3) is 0 Å². The molecule has 0 N–H and O–H groups in total. The molecule has 28 valence electrons. The van der Waals surface area contributed by atoms with Crippen molar-refractivity contribution in [2.24, 2.45) is 0 Å². The van der Waals surface area contributed by atoms with E-state index in [2.05, 4.69) is 37.9 Å². The van der Waals surface area contributed by atoms with Crippen LogP contribution in [0.15, 0.2) is 10.6 Å². The first-order chi connectivity index (χ1) is 2.30. The van der Waals surface area contributed by atoms with Crippen molar-refractivity contribution in [1.29, 1.82) is 0 Å². The SMILES string of the molecule is BrC1=CC1Br. The van der Waals surface area contributed by atoms with Crippen molar-refractivity contribution in [3.8, 4) is 0 Å². The molecule has 0 aromatic rings. The van der Waals surface area contributed by atoms with Crippen LogP contribution in [0.2, 0.25) is 0 Å². The molecule has 1 unspecified atom stereocenters. The molecule has 0 aliphatic heterocycles. The lowest BCUT2D eigenvalue weighted by Gasteiger charge is -1.64. The zero-order chi connectivity index (χ0) is 3.86. The van der Waals surface area contributed by atoms with Gasteiger partial charge < -0.3 is 0 Å². The van der Waals surface area contributed by atoms with Gasteiger partial charge in [0.05, 0.1) is 4.83 Å². The molecule has 1 aliphatic rings. The number of alkyl halides is 1. The summed E-state index contributed by atoms with van der Waals surface area (Å²) in [5.74, 6) is 0. The monoisotopic (exact) mass is 196 g/mol. The molecule has 0 saturated heterocycles. The summed E-state index contributed by atoms with van der Waals surface area (Å²) in [7, 11) is 0. The second-order valence-corrected chi connectivity index (χ2v) is 2.86. The number of allylic oxidation sites excluding steroid dienone is 2. The van der Waals surface area contributed by atoms with Crippen LogP contribution in [0.4, 0.5) is 0 Å². The average molecular weight is 198 g/mol. The molecule has 0 radical (unpaired) electrons. The van der Waals surface area contributed by atoms with Crippen molar-refractivity contribution >= 4 is 31.9 Å². The number of hydrogen-bond acceptors (Lipinski definition) is 0. The zero-order valence-corrected chi connectivity index (χ0v) is 5.58. The third kappa shape index (κ3) is 0.763. The Hall–Kier alpha value is 0.700. The van der Waals surface area contributed by atoms with Crippen LogP contribution in [-0.4, -0.2) is 4.83 Å². The Balaban J connectivity index is 2.38. The first kappa shape index (κ1) is 3.88. The molecule has 1 atom stereocenters. The minimum atomic E-state index is 0.572. The molecule has 0 aromatic heterocycles. The highest BCUT2D eigenvalue weighted by molar-refractivity contribution is 9.14. The minimum Gasteiger partial charge on any atom is -0.0787 e. The highest BCUT2D eigenvalue weighted by Crippen LogP contribution is 2.33. The Morgan fingerprint density at radius 3 is 2.00 bits per heavy atom. The van der Waals surface area contributed by atoms with E-state index in [0.717, 1.165) is 0 Å². The maximum atomic E-state index is 3.31. The smallest absolute Gasteiger partial charge is 0.0649 e. The van der Waals surface area contributed by atoms with Gasteiger partial charge in [-0.3, -0.25) is 0 Å². The largest absolute Gasteiger partial charge is 0.0787 e. The van der Waals surface area contributed by atoms with E-state index in [1.54, 1.807) is 0 Å².